The summed E-state index contributed by atoms with van der Waals surface area (Å²) in [4.78, 5) is 22.2. The van der Waals surface area contributed by atoms with Crippen molar-refractivity contribution in [1.82, 2.24) is 14.8 Å². The molecule has 2 aliphatic rings. The first-order valence-corrected chi connectivity index (χ1v) is 10.5. The quantitative estimate of drug-likeness (QED) is 0.879. The van der Waals surface area contributed by atoms with Crippen molar-refractivity contribution in [3.63, 3.8) is 0 Å². The number of aromatic nitrogens is 1. The van der Waals surface area contributed by atoms with Crippen molar-refractivity contribution in [1.29, 1.82) is 0 Å². The Morgan fingerprint density at radius 3 is 2.85 bits per heavy atom. The molecule has 27 heavy (non-hydrogen) atoms. The fourth-order valence-corrected chi connectivity index (χ4v) is 5.58. The van der Waals surface area contributed by atoms with Crippen molar-refractivity contribution in [2.75, 3.05) is 26.2 Å². The first kappa shape index (κ1) is 18.6. The Hall–Kier alpha value is -1.76. The van der Waals surface area contributed by atoms with Gasteiger partial charge in [0.25, 0.3) is 0 Å². The third kappa shape index (κ3) is 3.66. The minimum atomic E-state index is -0.0723. The van der Waals surface area contributed by atoms with Crippen LogP contribution in [0.4, 0.5) is 0 Å². The Morgan fingerprint density at radius 1 is 1.30 bits per heavy atom. The maximum absolute atomic E-state index is 11.9. The number of carbonyl (C=O) groups is 1. The predicted octanol–water partition coefficient (Wildman–Crippen LogP) is 3.01. The summed E-state index contributed by atoms with van der Waals surface area (Å²) in [7, 11) is 0. The van der Waals surface area contributed by atoms with Crippen LogP contribution in [0.1, 0.15) is 31.1 Å². The first-order valence-electron chi connectivity index (χ1n) is 9.72. The van der Waals surface area contributed by atoms with E-state index in [2.05, 4.69) is 22.0 Å². The van der Waals surface area contributed by atoms with Crippen molar-refractivity contribution < 1.29 is 9.90 Å². The van der Waals surface area contributed by atoms with Crippen LogP contribution in [0.5, 0.6) is 0 Å². The highest BCUT2D eigenvalue weighted by atomic mass is 32.1. The van der Waals surface area contributed by atoms with E-state index in [1.807, 2.05) is 29.3 Å². The average molecular weight is 386 g/mol. The summed E-state index contributed by atoms with van der Waals surface area (Å²) >= 11 is 1.74. The van der Waals surface area contributed by atoms with Crippen LogP contribution in [0.15, 0.2) is 36.5 Å². The molecule has 2 atom stereocenters. The zero-order valence-electron chi connectivity index (χ0n) is 15.8. The molecule has 1 amide bonds. The Bertz CT molecular complexity index is 794. The number of hydrogen-bond donors (Lipinski definition) is 1. The number of rotatable bonds is 4. The second-order valence-corrected chi connectivity index (χ2v) is 8.94. The molecule has 0 bridgehead atoms. The minimum Gasteiger partial charge on any atom is -0.396 e. The molecule has 144 valence electrons. The van der Waals surface area contributed by atoms with E-state index in [9.17, 15) is 9.90 Å². The van der Waals surface area contributed by atoms with E-state index in [-0.39, 0.29) is 24.0 Å². The molecule has 0 saturated carbocycles. The molecule has 0 spiro atoms. The lowest BCUT2D eigenvalue weighted by Crippen LogP contribution is -2.62. The van der Waals surface area contributed by atoms with Crippen LogP contribution < -0.4 is 0 Å². The number of likely N-dealkylation sites (tertiary alicyclic amines) is 2. The molecule has 0 unspecified atom stereocenters. The van der Waals surface area contributed by atoms with Crippen molar-refractivity contribution in [3.05, 3.63) is 41.4 Å². The molecular weight excluding hydrogens is 358 g/mol. The minimum absolute atomic E-state index is 0.0723. The molecule has 2 aromatic rings. The second kappa shape index (κ2) is 7.70. The highest BCUT2D eigenvalue weighted by molar-refractivity contribution is 7.15. The van der Waals surface area contributed by atoms with Crippen LogP contribution in [0.2, 0.25) is 0 Å². The molecule has 2 aliphatic heterocycles. The Morgan fingerprint density at radius 2 is 2.11 bits per heavy atom. The van der Waals surface area contributed by atoms with Gasteiger partial charge in [-0.1, -0.05) is 30.3 Å². The Balaban J connectivity index is 1.54. The van der Waals surface area contributed by atoms with E-state index < -0.39 is 0 Å². The number of fused-ring (bicyclic) bond motifs is 1. The SMILES string of the molecule is CC(=O)N1CC[C@@]2(CO)CCCN(Cc3cnc(-c4ccccc4)s3)[C@@H]2C1. The molecule has 0 aliphatic carbocycles. The van der Waals surface area contributed by atoms with Gasteiger partial charge in [-0.3, -0.25) is 9.69 Å². The molecule has 6 heteroatoms. The van der Waals surface area contributed by atoms with E-state index in [0.717, 1.165) is 56.0 Å². The number of nitrogens with zero attached hydrogens (tertiary/aromatic N) is 3. The number of thiazole rings is 1. The van der Waals surface area contributed by atoms with Crippen LogP contribution >= 0.6 is 11.3 Å². The summed E-state index contributed by atoms with van der Waals surface area (Å²) < 4.78 is 0. The first-order chi connectivity index (χ1) is 13.1. The van der Waals surface area contributed by atoms with E-state index in [1.165, 1.54) is 4.88 Å². The van der Waals surface area contributed by atoms with Crippen LogP contribution in [-0.2, 0) is 11.3 Å². The lowest BCUT2D eigenvalue weighted by molar-refractivity contribution is -0.138. The highest BCUT2D eigenvalue weighted by Gasteiger charge is 2.47. The van der Waals surface area contributed by atoms with Gasteiger partial charge in [0.05, 0.1) is 6.61 Å². The van der Waals surface area contributed by atoms with Gasteiger partial charge < -0.3 is 10.0 Å². The van der Waals surface area contributed by atoms with Crippen molar-refractivity contribution in [2.45, 2.75) is 38.8 Å². The standard InChI is InChI=1S/C21H27N3O2S/c1-16(26)23-11-9-21(15-25)8-5-10-24(19(21)14-23)13-18-12-22-20(27-18)17-6-3-2-4-7-17/h2-4,6-7,12,19,25H,5,8-11,13-15H2,1H3/t19-,21-/m1/s1. The van der Waals surface area contributed by atoms with Crippen molar-refractivity contribution in [2.24, 2.45) is 5.41 Å². The lowest BCUT2D eigenvalue weighted by atomic mass is 9.69. The summed E-state index contributed by atoms with van der Waals surface area (Å²) in [6.45, 7) is 5.19. The molecule has 5 nitrogen and oxygen atoms in total. The summed E-state index contributed by atoms with van der Waals surface area (Å²) in [6, 6.07) is 10.5. The van der Waals surface area contributed by atoms with Crippen LogP contribution in [0.25, 0.3) is 10.6 Å². The maximum atomic E-state index is 11.9. The fraction of sp³-hybridized carbons (Fsp3) is 0.524. The largest absolute Gasteiger partial charge is 0.396 e. The normalized spacial score (nSPS) is 26.0. The topological polar surface area (TPSA) is 56.7 Å². The molecule has 2 saturated heterocycles. The molecule has 0 radical (unpaired) electrons. The van der Waals surface area contributed by atoms with Crippen LogP contribution in [-0.4, -0.2) is 58.1 Å². The van der Waals surface area contributed by atoms with Gasteiger partial charge >= 0.3 is 0 Å². The molecule has 3 heterocycles. The number of benzene rings is 1. The van der Waals surface area contributed by atoms with Gasteiger partial charge in [-0.2, -0.15) is 0 Å². The van der Waals surface area contributed by atoms with Crippen molar-refractivity contribution >= 4 is 17.2 Å². The van der Waals surface area contributed by atoms with Gasteiger partial charge in [0.2, 0.25) is 5.91 Å². The van der Waals surface area contributed by atoms with E-state index >= 15 is 0 Å². The number of aliphatic hydroxyl groups is 1. The Kier molecular flexibility index (Phi) is 5.30. The monoisotopic (exact) mass is 385 g/mol. The molecule has 4 rings (SSSR count). The van der Waals surface area contributed by atoms with Gasteiger partial charge in [0.15, 0.2) is 0 Å². The molecule has 1 aromatic heterocycles. The summed E-state index contributed by atoms with van der Waals surface area (Å²) in [5.41, 5.74) is 1.08. The van der Waals surface area contributed by atoms with Gasteiger partial charge in [-0.05, 0) is 25.8 Å². The number of carbonyl (C=O) groups excluding carboxylic acids is 1. The van der Waals surface area contributed by atoms with Gasteiger partial charge in [-0.25, -0.2) is 4.98 Å². The summed E-state index contributed by atoms with van der Waals surface area (Å²) in [6.07, 6.45) is 5.02. The van der Waals surface area contributed by atoms with Crippen LogP contribution in [0, 0.1) is 5.41 Å². The lowest BCUT2D eigenvalue weighted by Gasteiger charge is -2.54. The maximum Gasteiger partial charge on any atom is 0.219 e. The summed E-state index contributed by atoms with van der Waals surface area (Å²) in [5.74, 6) is 0.135. The highest BCUT2D eigenvalue weighted by Crippen LogP contribution is 2.43. The average Bonchev–Trinajstić information content (AvgIpc) is 3.17. The number of hydrogen-bond acceptors (Lipinski definition) is 5. The third-order valence-corrected chi connectivity index (χ3v) is 7.27. The predicted molar refractivity (Wildman–Crippen MR) is 107 cm³/mol. The third-order valence-electron chi connectivity index (χ3n) is 6.23. The molecule has 1 aromatic carbocycles. The number of amides is 1. The summed E-state index contributed by atoms with van der Waals surface area (Å²) in [5, 5.41) is 11.2. The van der Waals surface area contributed by atoms with E-state index in [4.69, 9.17) is 0 Å². The smallest absolute Gasteiger partial charge is 0.219 e. The Labute approximate surface area is 164 Å². The van der Waals surface area contributed by atoms with Crippen molar-refractivity contribution in [3.8, 4) is 10.6 Å². The number of piperidine rings is 2. The van der Waals surface area contributed by atoms with E-state index in [1.54, 1.807) is 18.3 Å². The zero-order chi connectivity index (χ0) is 18.9. The molecular formula is C21H27N3O2S. The van der Waals surface area contributed by atoms with Gasteiger partial charge in [-0.15, -0.1) is 11.3 Å². The molecule has 1 N–H and O–H groups in total. The van der Waals surface area contributed by atoms with Crippen LogP contribution in [0.3, 0.4) is 0 Å². The zero-order valence-corrected chi connectivity index (χ0v) is 16.6. The van der Waals surface area contributed by atoms with E-state index in [0.29, 0.717) is 0 Å². The fourth-order valence-electron chi connectivity index (χ4n) is 4.64. The second-order valence-electron chi connectivity index (χ2n) is 7.82. The molecule has 2 fully saturated rings. The van der Waals surface area contributed by atoms with Gasteiger partial charge in [0.1, 0.15) is 5.01 Å². The number of aliphatic hydroxyl groups excluding tert-OH is 1. The van der Waals surface area contributed by atoms with Gasteiger partial charge in [0, 0.05) is 54.7 Å².